The van der Waals surface area contributed by atoms with Crippen LogP contribution in [0.15, 0.2) is 28.7 Å². The van der Waals surface area contributed by atoms with E-state index in [9.17, 15) is 4.79 Å². The van der Waals surface area contributed by atoms with Crippen LogP contribution < -0.4 is 16.0 Å². The summed E-state index contributed by atoms with van der Waals surface area (Å²) in [6, 6.07) is 8.43. The Labute approximate surface area is 126 Å². The summed E-state index contributed by atoms with van der Waals surface area (Å²) in [5, 5.41) is 9.36. The van der Waals surface area contributed by atoms with Crippen LogP contribution in [0.5, 0.6) is 5.75 Å². The van der Waals surface area contributed by atoms with Gasteiger partial charge in [-0.1, -0.05) is 17.7 Å². The number of nitrogens with one attached hydrogen (secondary N) is 1. The second kappa shape index (κ2) is 6.31. The topological polar surface area (TPSA) is 101 Å². The zero-order chi connectivity index (χ0) is 15.4. The Kier molecular flexibility index (Phi) is 4.48. The molecule has 0 aliphatic carbocycles. The van der Waals surface area contributed by atoms with Crippen molar-refractivity contribution in [2.45, 2.75) is 13.5 Å². The zero-order valence-corrected chi connectivity index (χ0v) is 11.9. The molecule has 1 amide bonds. The van der Waals surface area contributed by atoms with Crippen LogP contribution in [0, 0.1) is 18.3 Å². The van der Waals surface area contributed by atoms with Gasteiger partial charge < -0.3 is 9.15 Å². The fourth-order valence-corrected chi connectivity index (χ4v) is 2.01. The van der Waals surface area contributed by atoms with Crippen molar-refractivity contribution in [3.63, 3.8) is 0 Å². The third-order valence-corrected chi connectivity index (χ3v) is 3.12. The number of nitriles is 1. The van der Waals surface area contributed by atoms with Gasteiger partial charge in [-0.05, 0) is 25.1 Å². The molecular formula is C14H12ClN3O3. The summed E-state index contributed by atoms with van der Waals surface area (Å²) in [4.78, 5) is 11.5. The normalized spacial score (nSPS) is 10.0. The van der Waals surface area contributed by atoms with Gasteiger partial charge in [0.2, 0.25) is 0 Å². The Morgan fingerprint density at radius 1 is 1.57 bits per heavy atom. The number of halogens is 1. The molecule has 7 heteroatoms. The van der Waals surface area contributed by atoms with Crippen molar-refractivity contribution in [1.82, 2.24) is 5.43 Å². The summed E-state index contributed by atoms with van der Waals surface area (Å²) in [6.07, 6.45) is 0. The lowest BCUT2D eigenvalue weighted by atomic mass is 10.2. The van der Waals surface area contributed by atoms with Crippen LogP contribution in [0.4, 0.5) is 0 Å². The van der Waals surface area contributed by atoms with E-state index < -0.39 is 5.91 Å². The molecule has 21 heavy (non-hydrogen) atoms. The van der Waals surface area contributed by atoms with Crippen LogP contribution in [0.3, 0.4) is 0 Å². The van der Waals surface area contributed by atoms with Crippen molar-refractivity contribution >= 4 is 17.5 Å². The van der Waals surface area contributed by atoms with Gasteiger partial charge in [0.05, 0.1) is 10.6 Å². The quantitative estimate of drug-likeness (QED) is 0.512. The monoisotopic (exact) mass is 305 g/mol. The Bertz CT molecular complexity index is 719. The molecule has 6 nitrogen and oxygen atoms in total. The van der Waals surface area contributed by atoms with E-state index in [-0.39, 0.29) is 12.2 Å². The van der Waals surface area contributed by atoms with E-state index in [0.717, 1.165) is 0 Å². The first kappa shape index (κ1) is 14.9. The van der Waals surface area contributed by atoms with Crippen molar-refractivity contribution in [1.29, 1.82) is 5.26 Å². The number of amides is 1. The van der Waals surface area contributed by atoms with Crippen LogP contribution in [0.2, 0.25) is 5.02 Å². The van der Waals surface area contributed by atoms with Gasteiger partial charge in [0.15, 0.2) is 0 Å². The Morgan fingerprint density at radius 3 is 3.00 bits per heavy atom. The highest BCUT2D eigenvalue weighted by atomic mass is 35.5. The molecule has 3 N–H and O–H groups in total. The SMILES string of the molecule is Cc1oc(COc2cccc(Cl)c2C#N)cc1C(=O)NN. The van der Waals surface area contributed by atoms with Gasteiger partial charge in [0.25, 0.3) is 5.91 Å². The minimum atomic E-state index is -0.442. The average molecular weight is 306 g/mol. The summed E-state index contributed by atoms with van der Waals surface area (Å²) < 4.78 is 10.9. The maximum Gasteiger partial charge on any atom is 0.268 e. The fourth-order valence-electron chi connectivity index (χ4n) is 1.80. The van der Waals surface area contributed by atoms with Crippen LogP contribution >= 0.6 is 11.6 Å². The van der Waals surface area contributed by atoms with Gasteiger partial charge in [-0.2, -0.15) is 5.26 Å². The smallest absolute Gasteiger partial charge is 0.268 e. The predicted octanol–water partition coefficient (Wildman–Crippen LogP) is 2.30. The molecule has 0 fully saturated rings. The van der Waals surface area contributed by atoms with Gasteiger partial charge in [-0.15, -0.1) is 0 Å². The molecule has 2 aromatic rings. The summed E-state index contributed by atoms with van der Waals surface area (Å²) in [5.41, 5.74) is 2.62. The molecule has 108 valence electrons. The second-order valence-electron chi connectivity index (χ2n) is 4.17. The lowest BCUT2D eigenvalue weighted by molar-refractivity contribution is 0.0952. The highest BCUT2D eigenvalue weighted by Gasteiger charge is 2.15. The minimum absolute atomic E-state index is 0.0632. The largest absolute Gasteiger partial charge is 0.484 e. The first-order valence-corrected chi connectivity index (χ1v) is 6.36. The average Bonchev–Trinajstić information content (AvgIpc) is 2.85. The molecule has 2 rings (SSSR count). The summed E-state index contributed by atoms with van der Waals surface area (Å²) in [6.45, 7) is 1.71. The van der Waals surface area contributed by atoms with E-state index in [4.69, 9.17) is 31.9 Å². The standard InChI is InChI=1S/C14H12ClN3O3/c1-8-10(14(19)18-17)5-9(21-8)7-20-13-4-2-3-12(15)11(13)6-16/h2-5H,7,17H2,1H3,(H,18,19). The molecule has 1 aromatic heterocycles. The summed E-state index contributed by atoms with van der Waals surface area (Å²) in [7, 11) is 0. The molecule has 0 spiro atoms. The van der Waals surface area contributed by atoms with Crippen molar-refractivity contribution in [3.8, 4) is 11.8 Å². The van der Waals surface area contributed by atoms with E-state index >= 15 is 0 Å². The predicted molar refractivity (Wildman–Crippen MR) is 75.6 cm³/mol. The second-order valence-corrected chi connectivity index (χ2v) is 4.58. The maximum absolute atomic E-state index is 11.5. The third kappa shape index (κ3) is 3.16. The molecule has 0 atom stereocenters. The minimum Gasteiger partial charge on any atom is -0.484 e. The fraction of sp³-hybridized carbons (Fsp3) is 0.143. The molecule has 1 heterocycles. The van der Waals surface area contributed by atoms with E-state index in [1.165, 1.54) is 6.07 Å². The number of hydrogen-bond donors (Lipinski definition) is 2. The Hall–Kier alpha value is -2.49. The number of rotatable bonds is 4. The Morgan fingerprint density at radius 2 is 2.33 bits per heavy atom. The molecular weight excluding hydrogens is 294 g/mol. The molecule has 0 saturated heterocycles. The molecule has 1 aromatic carbocycles. The van der Waals surface area contributed by atoms with Crippen LogP contribution in [-0.4, -0.2) is 5.91 Å². The zero-order valence-electron chi connectivity index (χ0n) is 11.1. The number of aryl methyl sites for hydroxylation is 1. The number of hydrazine groups is 1. The van der Waals surface area contributed by atoms with Gasteiger partial charge in [-0.25, -0.2) is 5.84 Å². The molecule has 0 radical (unpaired) electrons. The van der Waals surface area contributed by atoms with Crippen LogP contribution in [0.1, 0.15) is 27.4 Å². The molecule has 0 aliphatic rings. The highest BCUT2D eigenvalue weighted by Crippen LogP contribution is 2.26. The number of carbonyl (C=O) groups excluding carboxylic acids is 1. The van der Waals surface area contributed by atoms with E-state index in [1.807, 2.05) is 11.5 Å². The van der Waals surface area contributed by atoms with Crippen molar-refractivity contribution in [3.05, 3.63) is 51.9 Å². The van der Waals surface area contributed by atoms with Gasteiger partial charge in [0, 0.05) is 0 Å². The van der Waals surface area contributed by atoms with Gasteiger partial charge >= 0.3 is 0 Å². The number of nitrogen functional groups attached to an aromatic ring is 1. The number of carbonyl (C=O) groups is 1. The number of hydrogen-bond acceptors (Lipinski definition) is 5. The third-order valence-electron chi connectivity index (χ3n) is 2.80. The first-order valence-electron chi connectivity index (χ1n) is 5.98. The number of furan rings is 1. The number of nitrogens with two attached hydrogens (primary N) is 1. The molecule has 0 unspecified atom stereocenters. The molecule has 0 aliphatic heterocycles. The Balaban J connectivity index is 2.16. The number of benzene rings is 1. The van der Waals surface area contributed by atoms with E-state index in [1.54, 1.807) is 25.1 Å². The van der Waals surface area contributed by atoms with Crippen molar-refractivity contribution in [2.75, 3.05) is 0 Å². The number of ether oxygens (including phenoxy) is 1. The highest BCUT2D eigenvalue weighted by molar-refractivity contribution is 6.31. The van der Waals surface area contributed by atoms with Crippen molar-refractivity contribution < 1.29 is 13.9 Å². The lowest BCUT2D eigenvalue weighted by Crippen LogP contribution is -2.30. The summed E-state index contributed by atoms with van der Waals surface area (Å²) in [5.74, 6) is 5.86. The first-order chi connectivity index (χ1) is 10.1. The molecule has 0 saturated carbocycles. The van der Waals surface area contributed by atoms with Gasteiger partial charge in [-0.3, -0.25) is 10.2 Å². The maximum atomic E-state index is 11.5. The summed E-state index contributed by atoms with van der Waals surface area (Å²) >= 11 is 5.91. The number of nitrogens with zero attached hydrogens (tertiary/aromatic N) is 1. The van der Waals surface area contributed by atoms with E-state index in [2.05, 4.69) is 0 Å². The molecule has 0 bridgehead atoms. The van der Waals surface area contributed by atoms with Crippen molar-refractivity contribution in [2.24, 2.45) is 5.84 Å². The van der Waals surface area contributed by atoms with Gasteiger partial charge in [0.1, 0.15) is 35.5 Å². The van der Waals surface area contributed by atoms with Crippen LogP contribution in [-0.2, 0) is 6.61 Å². The lowest BCUT2D eigenvalue weighted by Gasteiger charge is -2.06. The van der Waals surface area contributed by atoms with Crippen LogP contribution in [0.25, 0.3) is 0 Å². The van der Waals surface area contributed by atoms with E-state index in [0.29, 0.717) is 27.9 Å².